The number of piperidine rings is 1. The molecule has 0 spiro atoms. The third-order valence-electron chi connectivity index (χ3n) is 3.00. The Balaban J connectivity index is 2.35. The molecule has 0 aromatic rings. The first-order chi connectivity index (χ1) is 7.49. The van der Waals surface area contributed by atoms with Gasteiger partial charge in [-0.25, -0.2) is 0 Å². The third-order valence-corrected chi connectivity index (χ3v) is 3.00. The highest BCUT2D eigenvalue weighted by atomic mass is 16.1. The molecule has 3 heteroatoms. The van der Waals surface area contributed by atoms with Crippen molar-refractivity contribution in [3.05, 3.63) is 0 Å². The Labute approximate surface area is 99.6 Å². The molecule has 94 valence electrons. The van der Waals surface area contributed by atoms with Gasteiger partial charge in [-0.3, -0.25) is 4.79 Å². The first-order valence-corrected chi connectivity index (χ1v) is 6.51. The van der Waals surface area contributed by atoms with E-state index < -0.39 is 0 Å². The number of hydrogen-bond donors (Lipinski definition) is 1. The fourth-order valence-corrected chi connectivity index (χ4v) is 2.22. The fraction of sp³-hybridized carbons (Fsp3) is 0.923. The van der Waals surface area contributed by atoms with Gasteiger partial charge < -0.3 is 10.2 Å². The van der Waals surface area contributed by atoms with Crippen molar-refractivity contribution in [2.45, 2.75) is 46.6 Å². The lowest BCUT2D eigenvalue weighted by atomic mass is 10.0. The lowest BCUT2D eigenvalue weighted by Gasteiger charge is -2.34. The molecule has 1 aliphatic rings. The Hall–Kier alpha value is -0.570. The predicted octanol–water partition coefficient (Wildman–Crippen LogP) is 1.88. The minimum absolute atomic E-state index is 0.0977. The summed E-state index contributed by atoms with van der Waals surface area (Å²) in [5, 5.41) is 3.14. The molecule has 1 N–H and O–H groups in total. The number of carbonyl (C=O) groups excluding carboxylic acids is 1. The quantitative estimate of drug-likeness (QED) is 0.794. The minimum Gasteiger partial charge on any atom is -0.352 e. The average Bonchev–Trinajstić information content (AvgIpc) is 2.16. The highest BCUT2D eigenvalue weighted by molar-refractivity contribution is 5.78. The summed E-state index contributed by atoms with van der Waals surface area (Å²) in [6.07, 6.45) is 2.34. The molecule has 1 rings (SSSR count). The van der Waals surface area contributed by atoms with Crippen LogP contribution >= 0.6 is 0 Å². The average molecular weight is 226 g/mol. The summed E-state index contributed by atoms with van der Waals surface area (Å²) in [5.74, 6) is 0.997. The number of hydrogen-bond acceptors (Lipinski definition) is 2. The molecule has 1 aliphatic heterocycles. The van der Waals surface area contributed by atoms with Gasteiger partial charge in [0.2, 0.25) is 5.91 Å². The van der Waals surface area contributed by atoms with E-state index in [1.165, 1.54) is 13.0 Å². The Kier molecular flexibility index (Phi) is 5.26. The van der Waals surface area contributed by atoms with E-state index in [0.29, 0.717) is 12.0 Å². The summed E-state index contributed by atoms with van der Waals surface area (Å²) < 4.78 is 0. The molecule has 1 heterocycles. The molecule has 1 fully saturated rings. The largest absolute Gasteiger partial charge is 0.352 e. The minimum atomic E-state index is 0.0977. The molecular weight excluding hydrogens is 200 g/mol. The van der Waals surface area contributed by atoms with E-state index >= 15 is 0 Å². The van der Waals surface area contributed by atoms with Gasteiger partial charge in [-0.1, -0.05) is 27.7 Å². The number of amides is 1. The molecule has 0 bridgehead atoms. The molecule has 0 aromatic carbocycles. The van der Waals surface area contributed by atoms with Gasteiger partial charge in [-0.15, -0.1) is 0 Å². The molecule has 1 atom stereocenters. The van der Waals surface area contributed by atoms with Crippen molar-refractivity contribution in [1.82, 2.24) is 10.2 Å². The maximum absolute atomic E-state index is 11.6. The second kappa shape index (κ2) is 6.24. The Morgan fingerprint density at radius 3 is 2.62 bits per heavy atom. The van der Waals surface area contributed by atoms with Crippen LogP contribution in [-0.2, 0) is 4.79 Å². The SMILES string of the molecule is CC(C)CN1CCCC(NC(=O)C(C)C)C1. The van der Waals surface area contributed by atoms with Crippen molar-refractivity contribution in [2.75, 3.05) is 19.6 Å². The Bertz CT molecular complexity index is 226. The summed E-state index contributed by atoms with van der Waals surface area (Å²) in [5.41, 5.74) is 0. The summed E-state index contributed by atoms with van der Waals surface area (Å²) in [7, 11) is 0. The molecule has 0 saturated carbocycles. The van der Waals surface area contributed by atoms with Crippen LogP contribution in [0.1, 0.15) is 40.5 Å². The highest BCUT2D eigenvalue weighted by Gasteiger charge is 2.22. The van der Waals surface area contributed by atoms with Gasteiger partial charge in [-0.2, -0.15) is 0 Å². The van der Waals surface area contributed by atoms with E-state index in [9.17, 15) is 4.79 Å². The zero-order chi connectivity index (χ0) is 12.1. The lowest BCUT2D eigenvalue weighted by molar-refractivity contribution is -0.125. The molecule has 0 aliphatic carbocycles. The second-order valence-electron chi connectivity index (χ2n) is 5.66. The van der Waals surface area contributed by atoms with Gasteiger partial charge in [-0.05, 0) is 25.3 Å². The van der Waals surface area contributed by atoms with Crippen molar-refractivity contribution in [1.29, 1.82) is 0 Å². The van der Waals surface area contributed by atoms with Crippen molar-refractivity contribution in [3.63, 3.8) is 0 Å². The molecule has 0 radical (unpaired) electrons. The van der Waals surface area contributed by atoms with E-state index in [2.05, 4.69) is 24.1 Å². The van der Waals surface area contributed by atoms with Crippen LogP contribution in [-0.4, -0.2) is 36.5 Å². The maximum atomic E-state index is 11.6. The van der Waals surface area contributed by atoms with Gasteiger partial charge in [0.05, 0.1) is 0 Å². The van der Waals surface area contributed by atoms with Gasteiger partial charge in [0, 0.05) is 25.0 Å². The Morgan fingerprint density at radius 2 is 2.06 bits per heavy atom. The first kappa shape index (κ1) is 13.5. The number of carbonyl (C=O) groups is 1. The second-order valence-corrected chi connectivity index (χ2v) is 5.66. The normalized spacial score (nSPS) is 22.8. The molecule has 1 unspecified atom stereocenters. The molecule has 1 saturated heterocycles. The van der Waals surface area contributed by atoms with Crippen LogP contribution in [0.3, 0.4) is 0 Å². The van der Waals surface area contributed by atoms with Crippen molar-refractivity contribution in [2.24, 2.45) is 11.8 Å². The van der Waals surface area contributed by atoms with Gasteiger partial charge in [0.25, 0.3) is 0 Å². The zero-order valence-electron chi connectivity index (χ0n) is 11.1. The van der Waals surface area contributed by atoms with E-state index in [1.807, 2.05) is 13.8 Å². The monoisotopic (exact) mass is 226 g/mol. The number of nitrogens with one attached hydrogen (secondary N) is 1. The van der Waals surface area contributed by atoms with Crippen LogP contribution in [0.15, 0.2) is 0 Å². The van der Waals surface area contributed by atoms with Crippen LogP contribution in [0.2, 0.25) is 0 Å². The summed E-state index contributed by atoms with van der Waals surface area (Å²) >= 11 is 0. The summed E-state index contributed by atoms with van der Waals surface area (Å²) in [6.45, 7) is 11.7. The topological polar surface area (TPSA) is 32.3 Å². The maximum Gasteiger partial charge on any atom is 0.222 e. The molecule has 1 amide bonds. The van der Waals surface area contributed by atoms with Crippen LogP contribution in [0.4, 0.5) is 0 Å². The van der Waals surface area contributed by atoms with Gasteiger partial charge in [0.1, 0.15) is 0 Å². The van der Waals surface area contributed by atoms with E-state index in [4.69, 9.17) is 0 Å². The molecular formula is C13H26N2O. The van der Waals surface area contributed by atoms with Crippen LogP contribution < -0.4 is 5.32 Å². The van der Waals surface area contributed by atoms with Crippen LogP contribution in [0, 0.1) is 11.8 Å². The molecule has 3 nitrogen and oxygen atoms in total. The van der Waals surface area contributed by atoms with E-state index in [1.54, 1.807) is 0 Å². The highest BCUT2D eigenvalue weighted by Crippen LogP contribution is 2.12. The predicted molar refractivity (Wildman–Crippen MR) is 67.3 cm³/mol. The summed E-state index contributed by atoms with van der Waals surface area (Å²) in [6, 6.07) is 0.363. The zero-order valence-corrected chi connectivity index (χ0v) is 11.1. The number of likely N-dealkylation sites (tertiary alicyclic amines) is 1. The summed E-state index contributed by atoms with van der Waals surface area (Å²) in [4.78, 5) is 14.1. The van der Waals surface area contributed by atoms with E-state index in [-0.39, 0.29) is 11.8 Å². The van der Waals surface area contributed by atoms with Gasteiger partial charge in [0.15, 0.2) is 0 Å². The lowest BCUT2D eigenvalue weighted by Crippen LogP contribution is -2.49. The van der Waals surface area contributed by atoms with Crippen molar-refractivity contribution < 1.29 is 4.79 Å². The smallest absolute Gasteiger partial charge is 0.222 e. The molecule has 0 aromatic heterocycles. The number of nitrogens with zero attached hydrogens (tertiary/aromatic N) is 1. The van der Waals surface area contributed by atoms with E-state index in [0.717, 1.165) is 19.5 Å². The van der Waals surface area contributed by atoms with Crippen LogP contribution in [0.5, 0.6) is 0 Å². The first-order valence-electron chi connectivity index (χ1n) is 6.51. The van der Waals surface area contributed by atoms with Crippen LogP contribution in [0.25, 0.3) is 0 Å². The fourth-order valence-electron chi connectivity index (χ4n) is 2.22. The molecule has 16 heavy (non-hydrogen) atoms. The standard InChI is InChI=1S/C13H26N2O/c1-10(2)8-15-7-5-6-12(9-15)14-13(16)11(3)4/h10-12H,5-9H2,1-4H3,(H,14,16). The Morgan fingerprint density at radius 1 is 1.38 bits per heavy atom. The van der Waals surface area contributed by atoms with Crippen molar-refractivity contribution >= 4 is 5.91 Å². The van der Waals surface area contributed by atoms with Gasteiger partial charge >= 0.3 is 0 Å². The van der Waals surface area contributed by atoms with Crippen molar-refractivity contribution in [3.8, 4) is 0 Å². The number of rotatable bonds is 4. The third kappa shape index (κ3) is 4.52.